The fourth-order valence-electron chi connectivity index (χ4n) is 3.71. The van der Waals surface area contributed by atoms with Crippen molar-refractivity contribution in [1.82, 2.24) is 15.5 Å². The summed E-state index contributed by atoms with van der Waals surface area (Å²) in [5.41, 5.74) is 1.28. The highest BCUT2D eigenvalue weighted by molar-refractivity contribution is 14.0. The molecule has 8 heteroatoms. The number of benzene rings is 1. The van der Waals surface area contributed by atoms with Gasteiger partial charge in [-0.05, 0) is 36.6 Å². The van der Waals surface area contributed by atoms with Gasteiger partial charge in [0, 0.05) is 62.5 Å². The average molecular weight is 566 g/mol. The third kappa shape index (κ3) is 7.35. The fraction of sp³-hybridized carbons (Fsp3) is 0.650. The minimum atomic E-state index is 0. The minimum absolute atomic E-state index is 0. The van der Waals surface area contributed by atoms with Gasteiger partial charge in [-0.1, -0.05) is 22.9 Å². The molecule has 2 unspecified atom stereocenters. The molecule has 0 saturated carbocycles. The van der Waals surface area contributed by atoms with Crippen LogP contribution in [0.4, 0.5) is 5.69 Å². The number of nitrogens with zero attached hydrogens (tertiary/aromatic N) is 3. The Morgan fingerprint density at radius 3 is 2.64 bits per heavy atom. The largest absolute Gasteiger partial charge is 0.379 e. The number of guanidine groups is 1. The average Bonchev–Trinajstić information content (AvgIpc) is 3.15. The van der Waals surface area contributed by atoms with E-state index in [4.69, 9.17) is 4.74 Å². The van der Waals surface area contributed by atoms with Gasteiger partial charge in [0.1, 0.15) is 0 Å². The van der Waals surface area contributed by atoms with Crippen LogP contribution in [0, 0.1) is 5.92 Å². The van der Waals surface area contributed by atoms with E-state index in [9.17, 15) is 0 Å². The number of hydrogen-bond donors (Lipinski definition) is 2. The van der Waals surface area contributed by atoms with Crippen molar-refractivity contribution in [1.29, 1.82) is 0 Å². The number of rotatable bonds is 6. The minimum Gasteiger partial charge on any atom is -0.379 e. The van der Waals surface area contributed by atoms with E-state index in [0.29, 0.717) is 12.0 Å². The van der Waals surface area contributed by atoms with Crippen molar-refractivity contribution in [2.45, 2.75) is 19.4 Å². The maximum absolute atomic E-state index is 5.42. The molecular weight excluding hydrogens is 533 g/mol. The number of ether oxygens (including phenoxy) is 1. The molecule has 0 bridgehead atoms. The first-order valence-corrected chi connectivity index (χ1v) is 10.7. The number of anilines is 1. The van der Waals surface area contributed by atoms with Gasteiger partial charge in [-0.15, -0.1) is 24.0 Å². The molecule has 2 aliphatic heterocycles. The zero-order valence-electron chi connectivity index (χ0n) is 16.9. The monoisotopic (exact) mass is 565 g/mol. The molecule has 3 rings (SSSR count). The molecule has 2 fully saturated rings. The summed E-state index contributed by atoms with van der Waals surface area (Å²) in [5, 5.41) is 7.09. The van der Waals surface area contributed by atoms with E-state index in [-0.39, 0.29) is 24.0 Å². The van der Waals surface area contributed by atoms with Gasteiger partial charge in [-0.3, -0.25) is 9.89 Å². The second kappa shape index (κ2) is 12.2. The Hall–Kier alpha value is -0.580. The van der Waals surface area contributed by atoms with Gasteiger partial charge in [-0.25, -0.2) is 0 Å². The van der Waals surface area contributed by atoms with E-state index >= 15 is 0 Å². The third-order valence-electron chi connectivity index (χ3n) is 5.24. The van der Waals surface area contributed by atoms with Crippen LogP contribution in [0.1, 0.15) is 13.3 Å². The summed E-state index contributed by atoms with van der Waals surface area (Å²) in [6, 6.07) is 8.98. The highest BCUT2D eigenvalue weighted by Gasteiger charge is 2.23. The lowest BCUT2D eigenvalue weighted by Crippen LogP contribution is -2.47. The molecule has 6 nitrogen and oxygen atoms in total. The zero-order chi connectivity index (χ0) is 19.1. The molecule has 0 aromatic heterocycles. The maximum Gasteiger partial charge on any atom is 0.191 e. The topological polar surface area (TPSA) is 52.1 Å². The van der Waals surface area contributed by atoms with Crippen LogP contribution in [0.15, 0.2) is 33.7 Å². The molecule has 1 aromatic rings. The number of nitrogens with one attached hydrogen (secondary N) is 2. The smallest absolute Gasteiger partial charge is 0.191 e. The van der Waals surface area contributed by atoms with Gasteiger partial charge >= 0.3 is 0 Å². The predicted octanol–water partition coefficient (Wildman–Crippen LogP) is 2.78. The molecule has 2 atom stereocenters. The molecular formula is C20H33BrIN5O. The Bertz CT molecular complexity index is 609. The summed E-state index contributed by atoms with van der Waals surface area (Å²) in [4.78, 5) is 9.33. The number of morpholine rings is 1. The first-order valence-electron chi connectivity index (χ1n) is 9.92. The SMILES string of the molecule is CN=C(NCC(C)CN1CCOCC1)NC1CCN(c2ccc(Br)cc2)C1.I. The molecule has 0 radical (unpaired) electrons. The first-order chi connectivity index (χ1) is 13.1. The number of hydrogen-bond acceptors (Lipinski definition) is 4. The van der Waals surface area contributed by atoms with E-state index in [1.54, 1.807) is 0 Å². The summed E-state index contributed by atoms with van der Waals surface area (Å²) >= 11 is 3.50. The quantitative estimate of drug-likeness (QED) is 0.316. The van der Waals surface area contributed by atoms with Gasteiger partial charge in [0.25, 0.3) is 0 Å². The van der Waals surface area contributed by atoms with Gasteiger partial charge in [-0.2, -0.15) is 0 Å². The highest BCUT2D eigenvalue weighted by atomic mass is 127. The summed E-state index contributed by atoms with van der Waals surface area (Å²) in [6.45, 7) is 10.2. The van der Waals surface area contributed by atoms with Gasteiger partial charge in [0.2, 0.25) is 0 Å². The molecule has 1 aromatic carbocycles. The summed E-state index contributed by atoms with van der Waals surface area (Å²) in [6.07, 6.45) is 1.13. The Morgan fingerprint density at radius 2 is 1.96 bits per heavy atom. The molecule has 0 aliphatic carbocycles. The van der Waals surface area contributed by atoms with Crippen LogP contribution in [0.2, 0.25) is 0 Å². The zero-order valence-corrected chi connectivity index (χ0v) is 20.8. The summed E-state index contributed by atoms with van der Waals surface area (Å²) < 4.78 is 6.55. The highest BCUT2D eigenvalue weighted by Crippen LogP contribution is 2.22. The van der Waals surface area contributed by atoms with Crippen molar-refractivity contribution >= 4 is 51.6 Å². The molecule has 28 heavy (non-hydrogen) atoms. The van der Waals surface area contributed by atoms with E-state index in [0.717, 1.165) is 69.3 Å². The second-order valence-electron chi connectivity index (χ2n) is 7.52. The molecule has 2 heterocycles. The van der Waals surface area contributed by atoms with Gasteiger partial charge in [0.05, 0.1) is 13.2 Å². The standard InChI is InChI=1S/C20H32BrN5O.HI/c1-16(14-25-9-11-27-12-10-25)13-23-20(22-2)24-18-7-8-26(15-18)19-5-3-17(21)4-6-19;/h3-6,16,18H,7-15H2,1-2H3,(H2,22,23,24);1H. The van der Waals surface area contributed by atoms with Crippen LogP contribution in [0.3, 0.4) is 0 Å². The van der Waals surface area contributed by atoms with Crippen molar-refractivity contribution in [3.05, 3.63) is 28.7 Å². The third-order valence-corrected chi connectivity index (χ3v) is 5.76. The van der Waals surface area contributed by atoms with Crippen molar-refractivity contribution in [2.24, 2.45) is 10.9 Å². The van der Waals surface area contributed by atoms with Crippen molar-refractivity contribution in [3.8, 4) is 0 Å². The van der Waals surface area contributed by atoms with Crippen LogP contribution in [0.25, 0.3) is 0 Å². The van der Waals surface area contributed by atoms with Crippen LogP contribution >= 0.6 is 39.9 Å². The Kier molecular flexibility index (Phi) is 10.3. The normalized spacial score (nSPS) is 21.9. The van der Waals surface area contributed by atoms with E-state index < -0.39 is 0 Å². The van der Waals surface area contributed by atoms with Crippen LogP contribution in [0.5, 0.6) is 0 Å². The lowest BCUT2D eigenvalue weighted by atomic mass is 10.1. The van der Waals surface area contributed by atoms with Gasteiger partial charge in [0.15, 0.2) is 5.96 Å². The van der Waals surface area contributed by atoms with Crippen molar-refractivity contribution in [3.63, 3.8) is 0 Å². The molecule has 2 saturated heterocycles. The van der Waals surface area contributed by atoms with Crippen molar-refractivity contribution < 1.29 is 4.74 Å². The summed E-state index contributed by atoms with van der Waals surface area (Å²) in [5.74, 6) is 1.48. The first kappa shape index (κ1) is 23.7. The molecule has 0 amide bonds. The van der Waals surface area contributed by atoms with Crippen LogP contribution in [-0.4, -0.2) is 76.4 Å². The second-order valence-corrected chi connectivity index (χ2v) is 8.44. The van der Waals surface area contributed by atoms with Crippen LogP contribution < -0.4 is 15.5 Å². The van der Waals surface area contributed by atoms with Crippen molar-refractivity contribution in [2.75, 3.05) is 64.4 Å². The lowest BCUT2D eigenvalue weighted by molar-refractivity contribution is 0.0320. The van der Waals surface area contributed by atoms with Crippen LogP contribution in [-0.2, 0) is 4.74 Å². The summed E-state index contributed by atoms with van der Waals surface area (Å²) in [7, 11) is 1.85. The lowest BCUT2D eigenvalue weighted by Gasteiger charge is -2.29. The molecule has 158 valence electrons. The van der Waals surface area contributed by atoms with E-state index in [1.165, 1.54) is 5.69 Å². The number of aliphatic imine (C=N–C) groups is 1. The Morgan fingerprint density at radius 1 is 1.25 bits per heavy atom. The van der Waals surface area contributed by atoms with Gasteiger partial charge < -0.3 is 20.3 Å². The molecule has 2 aliphatic rings. The number of halogens is 2. The maximum atomic E-state index is 5.42. The molecule has 0 spiro atoms. The predicted molar refractivity (Wildman–Crippen MR) is 131 cm³/mol. The van der Waals surface area contributed by atoms with E-state index in [2.05, 4.69) is 72.5 Å². The van der Waals surface area contributed by atoms with E-state index in [1.807, 2.05) is 7.05 Å². The Labute approximate surface area is 194 Å². The fourth-order valence-corrected chi connectivity index (χ4v) is 3.98. The molecule has 2 N–H and O–H groups in total. The Balaban J connectivity index is 0.00000280.